The number of aromatic nitrogens is 3. The van der Waals surface area contributed by atoms with Crippen LogP contribution >= 0.6 is 11.8 Å². The molecule has 2 N–H and O–H groups in total. The Bertz CT molecular complexity index is 1190. The number of ether oxygens (including phenoxy) is 1. The minimum atomic E-state index is 0.272. The molecular formula is C24H28N5O2STl. The summed E-state index contributed by atoms with van der Waals surface area (Å²) < 4.78 is 9.53. The van der Waals surface area contributed by atoms with Crippen molar-refractivity contribution in [2.24, 2.45) is 5.92 Å². The number of anilines is 1. The molecule has 0 saturated carbocycles. The normalized spacial score (nSPS) is 16.2. The number of carbonyl (C=O) groups is 1. The number of pyridine rings is 1. The Morgan fingerprint density at radius 2 is 2.15 bits per heavy atom. The number of aryl methyl sites for hydroxylation is 1. The average Bonchev–Trinajstić information content (AvgIpc) is 3.42. The van der Waals surface area contributed by atoms with Gasteiger partial charge in [0, 0.05) is 6.42 Å². The zero-order chi connectivity index (χ0) is 22.9. The van der Waals surface area contributed by atoms with Crippen molar-refractivity contribution >= 4 is 63.4 Å². The molecule has 1 aromatic carbocycles. The first kappa shape index (κ1) is 22.9. The number of hydrogen-bond acceptors (Lipinski definition) is 6. The Morgan fingerprint density at radius 3 is 2.94 bits per heavy atom. The van der Waals surface area contributed by atoms with Crippen molar-refractivity contribution in [3.63, 3.8) is 0 Å². The van der Waals surface area contributed by atoms with Crippen molar-refractivity contribution in [2.45, 2.75) is 55.6 Å². The van der Waals surface area contributed by atoms with E-state index in [4.69, 9.17) is 15.5 Å². The number of likely N-dealkylation sites (tertiary alicyclic amines) is 1. The standard InChI is InChI=1S/C24H28N5O2S.Tl/c1-2-21(30)28-11-6-16(7-12-28)8-13-29-19-5-10-26-23(25)22(19)27-24(29)32-18-4-3-17-9-14-31-20(17)15-18;/h3,5,10,15-16H,2,6-9,11-14H2,1H3,(H2,25,26);. The predicted molar refractivity (Wildman–Crippen MR) is 131 cm³/mol. The second kappa shape index (κ2) is 9.81. The van der Waals surface area contributed by atoms with Gasteiger partial charge in [-0.05, 0) is 0 Å². The number of carbonyl (C=O) groups excluding carboxylic acids is 1. The molecule has 5 rings (SSSR count). The fourth-order valence-electron chi connectivity index (χ4n) is 4.76. The van der Waals surface area contributed by atoms with Crippen LogP contribution in [0.15, 0.2) is 34.4 Å². The van der Waals surface area contributed by atoms with Crippen LogP contribution in [0.4, 0.5) is 5.82 Å². The Morgan fingerprint density at radius 1 is 1.33 bits per heavy atom. The molecule has 0 unspecified atom stereocenters. The molecule has 9 heteroatoms. The van der Waals surface area contributed by atoms with E-state index in [0.29, 0.717) is 18.2 Å². The Hall–Kier alpha value is -1.82. The van der Waals surface area contributed by atoms with E-state index in [-0.39, 0.29) is 5.91 Å². The molecule has 2 aromatic heterocycles. The molecule has 33 heavy (non-hydrogen) atoms. The Balaban J connectivity index is 1.38. The molecule has 0 radical (unpaired) electrons. The molecule has 170 valence electrons. The van der Waals surface area contributed by atoms with Crippen LogP contribution in [-0.4, -0.2) is 70.8 Å². The third-order valence-electron chi connectivity index (χ3n) is 6.71. The van der Waals surface area contributed by atoms with Gasteiger partial charge in [0.05, 0.1) is 0 Å². The van der Waals surface area contributed by atoms with Crippen LogP contribution in [0.1, 0.15) is 38.2 Å². The van der Waals surface area contributed by atoms with Crippen molar-refractivity contribution in [2.75, 3.05) is 25.4 Å². The van der Waals surface area contributed by atoms with Gasteiger partial charge >= 0.3 is 197 Å². The summed E-state index contributed by atoms with van der Waals surface area (Å²) in [5, 5.41) is 0.961. The molecular weight excluding hydrogens is 627 g/mol. The number of piperidine rings is 1. The molecule has 1 fully saturated rings. The summed E-state index contributed by atoms with van der Waals surface area (Å²) >= 11 is 2.45. The zero-order valence-electron chi connectivity index (χ0n) is 18.9. The van der Waals surface area contributed by atoms with Gasteiger partial charge in [0.1, 0.15) is 0 Å². The SMILES string of the molecule is CCC(=O)N1CCC(CCn2c(Sc3cc4c(c[c]3[Tl])CCO4)nc3c(N)nccc32)CC1. The second-order valence-electron chi connectivity index (χ2n) is 8.77. The van der Waals surface area contributed by atoms with Crippen LogP contribution in [0.2, 0.25) is 0 Å². The summed E-state index contributed by atoms with van der Waals surface area (Å²) in [5.74, 6) is 2.38. The summed E-state index contributed by atoms with van der Waals surface area (Å²) in [5.41, 5.74) is 9.33. The van der Waals surface area contributed by atoms with Gasteiger partial charge in [-0.25, -0.2) is 0 Å². The van der Waals surface area contributed by atoms with Gasteiger partial charge in [-0.15, -0.1) is 0 Å². The van der Waals surface area contributed by atoms with Crippen LogP contribution in [0.5, 0.6) is 5.75 Å². The zero-order valence-corrected chi connectivity index (χ0v) is 24.2. The van der Waals surface area contributed by atoms with E-state index < -0.39 is 0 Å². The first-order chi connectivity index (χ1) is 16.0. The van der Waals surface area contributed by atoms with Crippen LogP contribution in [0, 0.1) is 5.92 Å². The number of benzene rings is 1. The van der Waals surface area contributed by atoms with Crippen molar-refractivity contribution in [3.05, 3.63) is 30.0 Å². The van der Waals surface area contributed by atoms with Gasteiger partial charge in [-0.3, -0.25) is 4.79 Å². The van der Waals surface area contributed by atoms with E-state index >= 15 is 0 Å². The van der Waals surface area contributed by atoms with E-state index in [1.165, 1.54) is 13.6 Å². The Kier molecular flexibility index (Phi) is 6.82. The molecule has 1 amide bonds. The molecule has 3 aromatic rings. The first-order valence-electron chi connectivity index (χ1n) is 11.6. The predicted octanol–water partition coefficient (Wildman–Crippen LogP) is 2.93. The number of hydrogen-bond donors (Lipinski definition) is 1. The van der Waals surface area contributed by atoms with Gasteiger partial charge in [-0.2, -0.15) is 0 Å². The number of fused-ring (bicyclic) bond motifs is 2. The number of nitrogens with zero attached hydrogens (tertiary/aromatic N) is 4. The summed E-state index contributed by atoms with van der Waals surface area (Å²) in [4.78, 5) is 24.4. The Labute approximate surface area is 214 Å². The van der Waals surface area contributed by atoms with Crippen LogP contribution in [0.3, 0.4) is 0 Å². The topological polar surface area (TPSA) is 86.3 Å². The van der Waals surface area contributed by atoms with E-state index in [1.807, 2.05) is 17.9 Å². The van der Waals surface area contributed by atoms with Crippen molar-refractivity contribution in [3.8, 4) is 5.75 Å². The quantitative estimate of drug-likeness (QED) is 0.412. The van der Waals surface area contributed by atoms with E-state index in [2.05, 4.69) is 21.7 Å². The number of nitrogen functional groups attached to an aromatic ring is 1. The molecule has 2 aliphatic rings. The maximum atomic E-state index is 12.0. The van der Waals surface area contributed by atoms with Gasteiger partial charge in [0.15, 0.2) is 0 Å². The van der Waals surface area contributed by atoms with Gasteiger partial charge in [0.25, 0.3) is 0 Å². The second-order valence-corrected chi connectivity index (χ2v) is 12.2. The summed E-state index contributed by atoms with van der Waals surface area (Å²) in [7, 11) is 0. The van der Waals surface area contributed by atoms with Gasteiger partial charge < -0.3 is 0 Å². The van der Waals surface area contributed by atoms with E-state index in [9.17, 15) is 4.79 Å². The molecule has 0 spiro atoms. The van der Waals surface area contributed by atoms with Crippen LogP contribution in [0.25, 0.3) is 11.0 Å². The van der Waals surface area contributed by atoms with Crippen molar-refractivity contribution < 1.29 is 9.53 Å². The molecule has 1 saturated heterocycles. The number of rotatable bonds is 6. The third kappa shape index (κ3) is 4.73. The van der Waals surface area contributed by atoms with Crippen LogP contribution < -0.4 is 13.6 Å². The molecule has 0 bridgehead atoms. The molecule has 0 aliphatic carbocycles. The molecule has 2 aliphatic heterocycles. The molecule has 0 atom stereocenters. The summed E-state index contributed by atoms with van der Waals surface area (Å²) in [6.07, 6.45) is 6.57. The fourth-order valence-corrected chi connectivity index (χ4v) is 7.53. The summed E-state index contributed by atoms with van der Waals surface area (Å²) in [6.45, 7) is 5.35. The van der Waals surface area contributed by atoms with Gasteiger partial charge in [0.2, 0.25) is 0 Å². The first-order valence-corrected chi connectivity index (χ1v) is 14.7. The van der Waals surface area contributed by atoms with Crippen LogP contribution in [-0.2, 0) is 17.8 Å². The third-order valence-corrected chi connectivity index (χ3v) is 10.5. The fraction of sp³-hybridized carbons (Fsp3) is 0.458. The number of amides is 1. The van der Waals surface area contributed by atoms with Crippen molar-refractivity contribution in [1.29, 1.82) is 0 Å². The monoisotopic (exact) mass is 655 g/mol. The number of nitrogens with two attached hydrogens (primary N) is 1. The molecule has 7 nitrogen and oxygen atoms in total. The van der Waals surface area contributed by atoms with Gasteiger partial charge in [-0.1, -0.05) is 6.92 Å². The average molecular weight is 655 g/mol. The minimum absolute atomic E-state index is 0.272. The molecule has 4 heterocycles. The van der Waals surface area contributed by atoms with E-state index in [1.54, 1.807) is 18.0 Å². The number of imidazole rings is 1. The summed E-state index contributed by atoms with van der Waals surface area (Å²) in [6, 6.07) is 6.51. The van der Waals surface area contributed by atoms with Crippen molar-refractivity contribution in [1.82, 2.24) is 19.4 Å². The maximum absolute atomic E-state index is 12.0. The van der Waals surface area contributed by atoms with E-state index in [0.717, 1.165) is 99.6 Å².